The Morgan fingerprint density at radius 3 is 2.49 bits per heavy atom. The number of carboxylic acid groups (broad SMARTS) is 1. The molecule has 1 N–H and O–H groups in total. The van der Waals surface area contributed by atoms with Gasteiger partial charge < -0.3 is 14.7 Å². The number of carbonyl (C=O) groups is 2. The molecule has 1 fully saturated rings. The lowest BCUT2D eigenvalue weighted by Crippen LogP contribution is -2.36. The minimum atomic E-state index is -0.928. The van der Waals surface area contributed by atoms with E-state index in [1.807, 2.05) is 50.2 Å². The summed E-state index contributed by atoms with van der Waals surface area (Å²) in [6, 6.07) is 14.5. The van der Waals surface area contributed by atoms with Crippen LogP contribution in [0.3, 0.4) is 0 Å². The number of para-hydroxylation sites is 1. The van der Waals surface area contributed by atoms with Crippen LogP contribution < -0.4 is 4.74 Å². The molecule has 186 valence electrons. The Labute approximate surface area is 210 Å². The highest BCUT2D eigenvalue weighted by Gasteiger charge is 2.20. The molecular formula is C30H37NO4. The summed E-state index contributed by atoms with van der Waals surface area (Å²) in [6.07, 6.45) is 7.12. The van der Waals surface area contributed by atoms with Crippen molar-refractivity contribution in [2.24, 2.45) is 5.92 Å². The lowest BCUT2D eigenvalue weighted by molar-refractivity contribution is -0.137. The summed E-state index contributed by atoms with van der Waals surface area (Å²) in [4.78, 5) is 25.7. The molecule has 0 radical (unpaired) electrons. The fraction of sp³-hybridized carbons (Fsp3) is 0.467. The highest BCUT2D eigenvalue weighted by Crippen LogP contribution is 2.24. The molecule has 1 unspecified atom stereocenters. The predicted molar refractivity (Wildman–Crippen MR) is 138 cm³/mol. The van der Waals surface area contributed by atoms with E-state index in [0.29, 0.717) is 35.8 Å². The molecule has 35 heavy (non-hydrogen) atoms. The van der Waals surface area contributed by atoms with Crippen molar-refractivity contribution in [1.82, 2.24) is 4.90 Å². The zero-order chi connectivity index (χ0) is 25.9. The van der Waals surface area contributed by atoms with Gasteiger partial charge in [0.1, 0.15) is 5.75 Å². The van der Waals surface area contributed by atoms with Gasteiger partial charge in [-0.2, -0.15) is 0 Å². The summed E-state index contributed by atoms with van der Waals surface area (Å²) in [5, 5.41) is 8.76. The average molecular weight is 477 g/mol. The third-order valence-electron chi connectivity index (χ3n) is 6.19. The number of rotatable bonds is 11. The van der Waals surface area contributed by atoms with Crippen LogP contribution in [0.1, 0.15) is 88.1 Å². The summed E-state index contributed by atoms with van der Waals surface area (Å²) in [6.45, 7) is 3.32. The highest BCUT2D eigenvalue weighted by atomic mass is 16.5. The van der Waals surface area contributed by atoms with Gasteiger partial charge in [-0.3, -0.25) is 9.59 Å². The van der Waals surface area contributed by atoms with Crippen LogP contribution in [0, 0.1) is 17.8 Å². The van der Waals surface area contributed by atoms with Crippen LogP contribution in [0.25, 0.3) is 0 Å². The standard InChI is InChI=1S/C30H37NO4/c1-23(2)31(22-27-12-7-8-13-28(27)35-21-9-3-4-14-29(32)33)30(34)26-19-17-25(18-20-26)16-15-24-10-5-6-11-24/h7-8,12-13,17-20,23-24H,3-6,9-11,14,21-22H2,1-2H3,(H,32,33)/i22D. The van der Waals surface area contributed by atoms with Crippen molar-refractivity contribution in [2.45, 2.75) is 77.8 Å². The van der Waals surface area contributed by atoms with Crippen molar-refractivity contribution in [2.75, 3.05) is 6.61 Å². The molecule has 0 heterocycles. The number of nitrogens with zero attached hydrogens (tertiary/aromatic N) is 1. The second-order valence-electron chi connectivity index (χ2n) is 9.35. The maximum Gasteiger partial charge on any atom is 0.303 e. The number of hydrogen-bond acceptors (Lipinski definition) is 3. The second kappa shape index (κ2) is 13.6. The molecule has 1 aliphatic carbocycles. The molecular weight excluding hydrogens is 438 g/mol. The van der Waals surface area contributed by atoms with E-state index in [1.54, 1.807) is 17.0 Å². The first-order valence-electron chi connectivity index (χ1n) is 13.2. The lowest BCUT2D eigenvalue weighted by atomic mass is 10.1. The molecule has 0 aliphatic heterocycles. The third kappa shape index (κ3) is 8.47. The van der Waals surface area contributed by atoms with Gasteiger partial charge in [0.05, 0.1) is 7.98 Å². The first-order valence-corrected chi connectivity index (χ1v) is 12.7. The maximum absolute atomic E-state index is 13.5. The van der Waals surface area contributed by atoms with Crippen LogP contribution in [0.2, 0.25) is 0 Å². The number of unbranched alkanes of at least 4 members (excludes halogenated alkanes) is 2. The van der Waals surface area contributed by atoms with Gasteiger partial charge in [0.2, 0.25) is 0 Å². The molecule has 3 rings (SSSR count). The number of aliphatic carboxylic acids is 1. The van der Waals surface area contributed by atoms with E-state index < -0.39 is 12.5 Å². The molecule has 0 saturated heterocycles. The Balaban J connectivity index is 1.67. The summed E-state index contributed by atoms with van der Waals surface area (Å²) in [5.74, 6) is 6.66. The lowest BCUT2D eigenvalue weighted by Gasteiger charge is -2.28. The molecule has 1 saturated carbocycles. The van der Waals surface area contributed by atoms with Crippen molar-refractivity contribution in [1.29, 1.82) is 0 Å². The van der Waals surface area contributed by atoms with Gasteiger partial charge in [-0.15, -0.1) is 0 Å². The highest BCUT2D eigenvalue weighted by molar-refractivity contribution is 5.94. The molecule has 5 nitrogen and oxygen atoms in total. The Morgan fingerprint density at radius 2 is 1.80 bits per heavy atom. The summed E-state index contributed by atoms with van der Waals surface area (Å²) < 4.78 is 14.9. The van der Waals surface area contributed by atoms with Gasteiger partial charge >= 0.3 is 5.97 Å². The second-order valence-corrected chi connectivity index (χ2v) is 9.35. The van der Waals surface area contributed by atoms with E-state index in [4.69, 9.17) is 11.2 Å². The molecule has 1 amide bonds. The largest absolute Gasteiger partial charge is 0.493 e. The number of ether oxygens (including phenoxy) is 1. The van der Waals surface area contributed by atoms with Crippen LogP contribution in [0.4, 0.5) is 0 Å². The number of hydrogen-bond donors (Lipinski definition) is 1. The molecule has 0 spiro atoms. The minimum absolute atomic E-state index is 0.158. The summed E-state index contributed by atoms with van der Waals surface area (Å²) >= 11 is 0. The van der Waals surface area contributed by atoms with Gasteiger partial charge in [0, 0.05) is 41.6 Å². The van der Waals surface area contributed by atoms with Gasteiger partial charge in [0.15, 0.2) is 0 Å². The molecule has 2 aromatic carbocycles. The Hall–Kier alpha value is -3.26. The Kier molecular flexibility index (Phi) is 9.64. The normalized spacial score (nSPS) is 14.7. The van der Waals surface area contributed by atoms with Gasteiger partial charge in [0.25, 0.3) is 5.91 Å². The first kappa shape index (κ1) is 24.9. The number of benzene rings is 2. The minimum Gasteiger partial charge on any atom is -0.493 e. The van der Waals surface area contributed by atoms with Crippen molar-refractivity contribution in [3.8, 4) is 17.6 Å². The summed E-state index contributed by atoms with van der Waals surface area (Å²) in [7, 11) is 0. The zero-order valence-corrected chi connectivity index (χ0v) is 20.8. The van der Waals surface area contributed by atoms with E-state index in [-0.39, 0.29) is 18.4 Å². The quantitative estimate of drug-likeness (QED) is 0.305. The van der Waals surface area contributed by atoms with Gasteiger partial charge in [-0.05, 0) is 76.3 Å². The fourth-order valence-corrected chi connectivity index (χ4v) is 4.15. The number of carbonyl (C=O) groups excluding carboxylic acids is 1. The van der Waals surface area contributed by atoms with Crippen LogP contribution in [0.15, 0.2) is 48.5 Å². The van der Waals surface area contributed by atoms with Gasteiger partial charge in [-0.25, -0.2) is 0 Å². The molecule has 0 bridgehead atoms. The van der Waals surface area contributed by atoms with Crippen LogP contribution in [0.5, 0.6) is 5.75 Å². The van der Waals surface area contributed by atoms with Crippen LogP contribution >= 0.6 is 0 Å². The average Bonchev–Trinajstić information content (AvgIpc) is 3.39. The SMILES string of the molecule is [2H]C(c1ccccc1OCCCCCC(=O)O)N(C(=O)c1ccc(C#CC2CCCC2)cc1)C(C)C. The number of carboxylic acids is 1. The van der Waals surface area contributed by atoms with Crippen molar-refractivity contribution in [3.63, 3.8) is 0 Å². The zero-order valence-electron chi connectivity index (χ0n) is 21.8. The van der Waals surface area contributed by atoms with E-state index >= 15 is 0 Å². The Bertz CT molecular complexity index is 1060. The third-order valence-corrected chi connectivity index (χ3v) is 6.19. The van der Waals surface area contributed by atoms with E-state index in [1.165, 1.54) is 25.7 Å². The predicted octanol–water partition coefficient (Wildman–Crippen LogP) is 6.30. The van der Waals surface area contributed by atoms with Crippen LogP contribution in [-0.4, -0.2) is 34.5 Å². The van der Waals surface area contributed by atoms with Crippen molar-refractivity contribution >= 4 is 11.9 Å². The van der Waals surface area contributed by atoms with Crippen LogP contribution in [-0.2, 0) is 11.3 Å². The van der Waals surface area contributed by atoms with Crippen molar-refractivity contribution in [3.05, 3.63) is 65.2 Å². The molecule has 1 aliphatic rings. The molecule has 1 atom stereocenters. The van der Waals surface area contributed by atoms with Gasteiger partial charge in [-0.1, -0.05) is 42.9 Å². The number of amides is 1. The fourth-order valence-electron chi connectivity index (χ4n) is 4.15. The maximum atomic E-state index is 13.5. The smallest absolute Gasteiger partial charge is 0.303 e. The molecule has 2 aromatic rings. The monoisotopic (exact) mass is 476 g/mol. The van der Waals surface area contributed by atoms with E-state index in [9.17, 15) is 9.59 Å². The Morgan fingerprint density at radius 1 is 1.09 bits per heavy atom. The van der Waals surface area contributed by atoms with E-state index in [0.717, 1.165) is 18.4 Å². The first-order chi connectivity index (χ1) is 17.4. The van der Waals surface area contributed by atoms with E-state index in [2.05, 4.69) is 11.8 Å². The summed E-state index contributed by atoms with van der Waals surface area (Å²) in [5.41, 5.74) is 2.06. The topological polar surface area (TPSA) is 66.8 Å². The molecule has 5 heteroatoms. The molecule has 0 aromatic heterocycles. The van der Waals surface area contributed by atoms with Crippen molar-refractivity contribution < 1.29 is 20.8 Å².